The van der Waals surface area contributed by atoms with E-state index in [1.807, 2.05) is 18.2 Å². The Bertz CT molecular complexity index is 818. The summed E-state index contributed by atoms with van der Waals surface area (Å²) in [6.07, 6.45) is 1.79. The highest BCUT2D eigenvalue weighted by molar-refractivity contribution is 6.32. The number of hydrogen-bond donors (Lipinski definition) is 2. The van der Waals surface area contributed by atoms with E-state index in [1.165, 1.54) is 5.56 Å². The van der Waals surface area contributed by atoms with Crippen LogP contribution in [0.25, 0.3) is 0 Å². The molecule has 0 spiro atoms. The summed E-state index contributed by atoms with van der Waals surface area (Å²) in [6, 6.07) is 13.6. The number of guanidine groups is 1. The van der Waals surface area contributed by atoms with Crippen molar-refractivity contribution in [2.75, 3.05) is 39.3 Å². The largest absolute Gasteiger partial charge is 0.497 e. The molecule has 0 radical (unpaired) electrons. The van der Waals surface area contributed by atoms with Crippen molar-refractivity contribution in [2.24, 2.45) is 10.7 Å². The van der Waals surface area contributed by atoms with E-state index < -0.39 is 0 Å². The zero-order valence-electron chi connectivity index (χ0n) is 16.2. The van der Waals surface area contributed by atoms with Crippen molar-refractivity contribution in [3.05, 3.63) is 53.1 Å². The monoisotopic (exact) mass is 403 g/mol. The van der Waals surface area contributed by atoms with Gasteiger partial charge in [0.15, 0.2) is 5.96 Å². The van der Waals surface area contributed by atoms with Crippen LogP contribution in [0.2, 0.25) is 5.02 Å². The molecular weight excluding hydrogens is 378 g/mol. The lowest BCUT2D eigenvalue weighted by atomic mass is 9.74. The highest BCUT2D eigenvalue weighted by Gasteiger charge is 2.34. The van der Waals surface area contributed by atoms with E-state index >= 15 is 0 Å². The van der Waals surface area contributed by atoms with Crippen LogP contribution >= 0.6 is 11.6 Å². The Labute approximate surface area is 170 Å². The molecule has 1 heterocycles. The number of benzene rings is 2. The topological polar surface area (TPSA) is 78.1 Å². The third kappa shape index (κ3) is 4.69. The lowest BCUT2D eigenvalue weighted by molar-refractivity contribution is 0.0531. The zero-order valence-corrected chi connectivity index (χ0v) is 17.0. The van der Waals surface area contributed by atoms with Gasteiger partial charge in [-0.1, -0.05) is 23.7 Å². The molecule has 1 fully saturated rings. The third-order valence-corrected chi connectivity index (χ3v) is 5.42. The van der Waals surface area contributed by atoms with E-state index in [4.69, 9.17) is 31.5 Å². The Morgan fingerprint density at radius 2 is 1.86 bits per heavy atom. The minimum absolute atomic E-state index is 0.103. The molecule has 0 aromatic heterocycles. The molecule has 1 aliphatic heterocycles. The highest BCUT2D eigenvalue weighted by Crippen LogP contribution is 2.36. The standard InChI is InChI=1S/C21H26ClN3O3/c1-26-17-6-3-15(4-7-17)21(9-11-28-12-10-21)14-24-20(23)25-16-5-8-19(27-2)18(22)13-16/h3-8,13H,9-12,14H2,1-2H3,(H3,23,24,25). The van der Waals surface area contributed by atoms with Crippen LogP contribution in [0.5, 0.6) is 11.5 Å². The second-order valence-corrected chi connectivity index (χ2v) is 7.20. The van der Waals surface area contributed by atoms with Crippen LogP contribution in [-0.4, -0.2) is 39.9 Å². The van der Waals surface area contributed by atoms with Gasteiger partial charge in [0.1, 0.15) is 11.5 Å². The fourth-order valence-corrected chi connectivity index (χ4v) is 3.67. The summed E-state index contributed by atoms with van der Waals surface area (Å²) in [5, 5.41) is 3.61. The Balaban J connectivity index is 1.75. The minimum atomic E-state index is -0.103. The number of nitrogens with two attached hydrogens (primary N) is 1. The van der Waals surface area contributed by atoms with E-state index in [0.29, 0.717) is 36.5 Å². The molecule has 0 aliphatic carbocycles. The van der Waals surface area contributed by atoms with Crippen LogP contribution in [0.3, 0.4) is 0 Å². The molecule has 1 aliphatic rings. The number of rotatable bonds is 6. The van der Waals surface area contributed by atoms with Gasteiger partial charge < -0.3 is 25.3 Å². The molecule has 7 heteroatoms. The second-order valence-electron chi connectivity index (χ2n) is 6.80. The van der Waals surface area contributed by atoms with Gasteiger partial charge in [-0.05, 0) is 48.7 Å². The average Bonchev–Trinajstić information content (AvgIpc) is 2.73. The van der Waals surface area contributed by atoms with E-state index in [9.17, 15) is 0 Å². The van der Waals surface area contributed by atoms with Crippen molar-refractivity contribution in [1.82, 2.24) is 0 Å². The summed E-state index contributed by atoms with van der Waals surface area (Å²) < 4.78 is 16.0. The number of halogens is 1. The van der Waals surface area contributed by atoms with Crippen LogP contribution in [0.4, 0.5) is 5.69 Å². The van der Waals surface area contributed by atoms with Crippen LogP contribution in [-0.2, 0) is 10.2 Å². The first kappa shape index (κ1) is 20.3. The van der Waals surface area contributed by atoms with Gasteiger partial charge in [-0.25, -0.2) is 0 Å². The van der Waals surface area contributed by atoms with Crippen molar-refractivity contribution >= 4 is 23.2 Å². The quantitative estimate of drug-likeness (QED) is 0.566. The predicted molar refractivity (Wildman–Crippen MR) is 113 cm³/mol. The van der Waals surface area contributed by atoms with E-state index in [1.54, 1.807) is 26.4 Å². The number of anilines is 1. The van der Waals surface area contributed by atoms with Crippen LogP contribution in [0, 0.1) is 0 Å². The van der Waals surface area contributed by atoms with Crippen LogP contribution in [0.1, 0.15) is 18.4 Å². The van der Waals surface area contributed by atoms with Crippen molar-refractivity contribution in [3.63, 3.8) is 0 Å². The van der Waals surface area contributed by atoms with Gasteiger partial charge in [0.2, 0.25) is 0 Å². The van der Waals surface area contributed by atoms with E-state index in [-0.39, 0.29) is 5.41 Å². The molecule has 0 atom stereocenters. The maximum atomic E-state index is 6.17. The van der Waals surface area contributed by atoms with Gasteiger partial charge in [0, 0.05) is 24.3 Å². The van der Waals surface area contributed by atoms with Gasteiger partial charge in [-0.15, -0.1) is 0 Å². The van der Waals surface area contributed by atoms with Gasteiger partial charge in [0.25, 0.3) is 0 Å². The zero-order chi connectivity index (χ0) is 20.0. The van der Waals surface area contributed by atoms with E-state index in [2.05, 4.69) is 22.4 Å². The van der Waals surface area contributed by atoms with Crippen LogP contribution < -0.4 is 20.5 Å². The molecule has 1 saturated heterocycles. The van der Waals surface area contributed by atoms with Crippen LogP contribution in [0.15, 0.2) is 47.5 Å². The van der Waals surface area contributed by atoms with Crippen molar-refractivity contribution in [2.45, 2.75) is 18.3 Å². The number of nitrogens with zero attached hydrogens (tertiary/aromatic N) is 1. The first-order valence-electron chi connectivity index (χ1n) is 9.19. The highest BCUT2D eigenvalue weighted by atomic mass is 35.5. The molecule has 3 rings (SSSR count). The number of ether oxygens (including phenoxy) is 3. The normalized spacial score (nSPS) is 16.5. The molecule has 6 nitrogen and oxygen atoms in total. The summed E-state index contributed by atoms with van der Waals surface area (Å²) >= 11 is 6.17. The molecular formula is C21H26ClN3O3. The van der Waals surface area contributed by atoms with Gasteiger partial charge in [-0.3, -0.25) is 4.99 Å². The molecule has 0 bridgehead atoms. The SMILES string of the molecule is COc1ccc(C2(CN=C(N)Nc3ccc(OC)c(Cl)c3)CCOCC2)cc1. The molecule has 28 heavy (non-hydrogen) atoms. The Morgan fingerprint density at radius 3 is 2.46 bits per heavy atom. The number of methoxy groups -OCH3 is 2. The summed E-state index contributed by atoms with van der Waals surface area (Å²) in [5.41, 5.74) is 8.02. The predicted octanol–water partition coefficient (Wildman–Crippen LogP) is 3.83. The number of aliphatic imine (C=N–C) groups is 1. The number of nitrogens with one attached hydrogen (secondary N) is 1. The summed E-state index contributed by atoms with van der Waals surface area (Å²) in [6.45, 7) is 2.00. The molecule has 0 saturated carbocycles. The van der Waals surface area contributed by atoms with Crippen molar-refractivity contribution in [3.8, 4) is 11.5 Å². The third-order valence-electron chi connectivity index (χ3n) is 5.13. The molecule has 2 aromatic carbocycles. The van der Waals surface area contributed by atoms with Crippen molar-refractivity contribution in [1.29, 1.82) is 0 Å². The fraction of sp³-hybridized carbons (Fsp3) is 0.381. The van der Waals surface area contributed by atoms with Gasteiger partial charge >= 0.3 is 0 Å². The second kappa shape index (κ2) is 9.17. The number of hydrogen-bond acceptors (Lipinski definition) is 4. The van der Waals surface area contributed by atoms with Gasteiger partial charge in [-0.2, -0.15) is 0 Å². The molecule has 0 amide bonds. The molecule has 150 valence electrons. The van der Waals surface area contributed by atoms with E-state index in [0.717, 1.165) is 24.3 Å². The first-order valence-corrected chi connectivity index (χ1v) is 9.57. The fourth-order valence-electron chi connectivity index (χ4n) is 3.41. The maximum Gasteiger partial charge on any atom is 0.193 e. The van der Waals surface area contributed by atoms with Gasteiger partial charge in [0.05, 0.1) is 25.8 Å². The summed E-state index contributed by atoms with van der Waals surface area (Å²) in [5.74, 6) is 1.80. The summed E-state index contributed by atoms with van der Waals surface area (Å²) in [4.78, 5) is 4.63. The maximum absolute atomic E-state index is 6.17. The Morgan fingerprint density at radius 1 is 1.14 bits per heavy atom. The minimum Gasteiger partial charge on any atom is -0.497 e. The Hall–Kier alpha value is -2.44. The lowest BCUT2D eigenvalue weighted by Crippen LogP contribution is -2.38. The lowest BCUT2D eigenvalue weighted by Gasteiger charge is -2.36. The molecule has 2 aromatic rings. The first-order chi connectivity index (χ1) is 13.6. The average molecular weight is 404 g/mol. The molecule has 0 unspecified atom stereocenters. The smallest absolute Gasteiger partial charge is 0.193 e. The summed E-state index contributed by atoms with van der Waals surface area (Å²) in [7, 11) is 3.25. The molecule has 3 N–H and O–H groups in total. The van der Waals surface area contributed by atoms with Crippen molar-refractivity contribution < 1.29 is 14.2 Å². The Kier molecular flexibility index (Phi) is 6.65.